The summed E-state index contributed by atoms with van der Waals surface area (Å²) in [5.74, 6) is 2.47. The fraction of sp³-hybridized carbons (Fsp3) is 0.857. The lowest BCUT2D eigenvalue weighted by Gasteiger charge is -2.45. The number of amides is 1. The maximum absolute atomic E-state index is 13.2. The summed E-state index contributed by atoms with van der Waals surface area (Å²) in [6.45, 7) is 5.57. The Balaban J connectivity index is 1.38. The zero-order valence-corrected chi connectivity index (χ0v) is 17.0. The van der Waals surface area contributed by atoms with Crippen LogP contribution in [0, 0.1) is 10.8 Å². The Hall–Kier alpha value is -1.43. The first kappa shape index (κ1) is 18.9. The largest absolute Gasteiger partial charge is 0.377 e. The fourth-order valence-electron chi connectivity index (χ4n) is 5.51. The molecule has 1 saturated heterocycles. The minimum atomic E-state index is -0.102. The van der Waals surface area contributed by atoms with Crippen LogP contribution in [0.3, 0.4) is 0 Å². The Morgan fingerprint density at radius 1 is 1.00 bits per heavy atom. The zero-order valence-electron chi connectivity index (χ0n) is 17.0. The molecular weight excluding hydrogens is 340 g/mol. The van der Waals surface area contributed by atoms with Crippen molar-refractivity contribution in [2.24, 2.45) is 10.8 Å². The van der Waals surface area contributed by atoms with E-state index >= 15 is 0 Å². The second-order valence-corrected chi connectivity index (χ2v) is 9.28. The number of nitrogens with zero attached hydrogens (tertiary/aromatic N) is 4. The van der Waals surface area contributed by atoms with E-state index in [-0.39, 0.29) is 5.41 Å². The van der Waals surface area contributed by atoms with Crippen LogP contribution in [0.1, 0.15) is 76.4 Å². The van der Waals surface area contributed by atoms with Gasteiger partial charge in [0, 0.05) is 38.6 Å². The van der Waals surface area contributed by atoms with Crippen LogP contribution in [-0.4, -0.2) is 45.8 Å². The highest BCUT2D eigenvalue weighted by Crippen LogP contribution is 2.44. The van der Waals surface area contributed by atoms with E-state index in [9.17, 15) is 4.79 Å². The number of hydrogen-bond donors (Lipinski definition) is 0. The average molecular weight is 375 g/mol. The number of likely N-dealkylation sites (tertiary alicyclic amines) is 1. The number of aromatic nitrogens is 3. The van der Waals surface area contributed by atoms with Gasteiger partial charge in [-0.3, -0.25) is 4.79 Å². The summed E-state index contributed by atoms with van der Waals surface area (Å²) >= 11 is 0. The van der Waals surface area contributed by atoms with Crippen molar-refractivity contribution in [3.05, 3.63) is 11.6 Å². The molecule has 0 atom stereocenters. The lowest BCUT2D eigenvalue weighted by molar-refractivity contribution is -0.145. The van der Waals surface area contributed by atoms with Crippen LogP contribution in [-0.2, 0) is 29.1 Å². The second kappa shape index (κ2) is 7.53. The Labute approximate surface area is 162 Å². The van der Waals surface area contributed by atoms with E-state index in [1.165, 1.54) is 19.3 Å². The van der Waals surface area contributed by atoms with Crippen LogP contribution < -0.4 is 0 Å². The number of carbonyl (C=O) groups excluding carboxylic acids is 1. The molecule has 0 radical (unpaired) electrons. The van der Waals surface area contributed by atoms with Gasteiger partial charge in [-0.2, -0.15) is 0 Å². The van der Waals surface area contributed by atoms with E-state index in [4.69, 9.17) is 4.74 Å². The van der Waals surface area contributed by atoms with Crippen LogP contribution in [0.15, 0.2) is 0 Å². The molecule has 3 aliphatic rings. The van der Waals surface area contributed by atoms with E-state index in [0.717, 1.165) is 76.2 Å². The van der Waals surface area contributed by atoms with Crippen molar-refractivity contribution >= 4 is 5.91 Å². The summed E-state index contributed by atoms with van der Waals surface area (Å²) in [6, 6.07) is 0. The third-order valence-corrected chi connectivity index (χ3v) is 7.51. The lowest BCUT2D eigenvalue weighted by Crippen LogP contribution is -2.49. The standard InChI is InChI=1S/C21H34N4O2/c1-20(7-4-3-5-8-20)19(26)24-13-10-21(11-14-24)9-6-17-22-23-18(16-27-2)25(17)15-12-21/h3-16H2,1-2H3. The number of hydrogen-bond acceptors (Lipinski definition) is 4. The van der Waals surface area contributed by atoms with E-state index in [2.05, 4.69) is 26.6 Å². The highest BCUT2D eigenvalue weighted by molar-refractivity contribution is 5.82. The molecule has 0 unspecified atom stereocenters. The van der Waals surface area contributed by atoms with Gasteiger partial charge in [0.1, 0.15) is 12.4 Å². The summed E-state index contributed by atoms with van der Waals surface area (Å²) < 4.78 is 7.53. The van der Waals surface area contributed by atoms with Crippen molar-refractivity contribution in [2.75, 3.05) is 20.2 Å². The second-order valence-electron chi connectivity index (χ2n) is 9.28. The summed E-state index contributed by atoms with van der Waals surface area (Å²) in [4.78, 5) is 15.3. The molecule has 27 heavy (non-hydrogen) atoms. The molecule has 2 fully saturated rings. The number of fused-ring (bicyclic) bond motifs is 1. The van der Waals surface area contributed by atoms with Gasteiger partial charge in [0.25, 0.3) is 0 Å². The number of methoxy groups -OCH3 is 1. The average Bonchev–Trinajstić information content (AvgIpc) is 2.98. The minimum Gasteiger partial charge on any atom is -0.377 e. The molecule has 6 heteroatoms. The number of carbonyl (C=O) groups is 1. The summed E-state index contributed by atoms with van der Waals surface area (Å²) in [5.41, 5.74) is 0.254. The number of aryl methyl sites for hydroxylation is 1. The number of ether oxygens (including phenoxy) is 1. The molecule has 3 heterocycles. The van der Waals surface area contributed by atoms with E-state index in [1.54, 1.807) is 7.11 Å². The van der Waals surface area contributed by atoms with Crippen LogP contribution in [0.25, 0.3) is 0 Å². The van der Waals surface area contributed by atoms with Gasteiger partial charge in [-0.05, 0) is 43.9 Å². The maximum atomic E-state index is 13.2. The highest BCUT2D eigenvalue weighted by atomic mass is 16.5. The van der Waals surface area contributed by atoms with E-state index in [1.807, 2.05) is 0 Å². The Morgan fingerprint density at radius 2 is 1.70 bits per heavy atom. The fourth-order valence-corrected chi connectivity index (χ4v) is 5.51. The number of rotatable bonds is 3. The zero-order chi connectivity index (χ0) is 18.9. The van der Waals surface area contributed by atoms with Gasteiger partial charge in [-0.25, -0.2) is 0 Å². The van der Waals surface area contributed by atoms with Gasteiger partial charge < -0.3 is 14.2 Å². The molecule has 1 aliphatic carbocycles. The summed E-state index contributed by atoms with van der Waals surface area (Å²) in [5, 5.41) is 8.69. The van der Waals surface area contributed by atoms with E-state index < -0.39 is 0 Å². The number of piperidine rings is 1. The van der Waals surface area contributed by atoms with Gasteiger partial charge in [0.2, 0.25) is 5.91 Å². The molecule has 0 aromatic carbocycles. The van der Waals surface area contributed by atoms with E-state index in [0.29, 0.717) is 17.9 Å². The molecule has 6 nitrogen and oxygen atoms in total. The molecular formula is C21H34N4O2. The monoisotopic (exact) mass is 374 g/mol. The van der Waals surface area contributed by atoms with Crippen molar-refractivity contribution in [2.45, 2.75) is 84.3 Å². The molecule has 1 saturated carbocycles. The van der Waals surface area contributed by atoms with Gasteiger partial charge in [0.05, 0.1) is 0 Å². The van der Waals surface area contributed by atoms with Crippen molar-refractivity contribution in [1.29, 1.82) is 0 Å². The SMILES string of the molecule is COCc1nnc2n1CCC1(CC2)CCN(C(=O)C2(C)CCCCC2)CC1. The molecule has 0 bridgehead atoms. The molecule has 2 aliphatic heterocycles. The van der Waals surface area contributed by atoms with Gasteiger partial charge in [-0.15, -0.1) is 10.2 Å². The first-order valence-electron chi connectivity index (χ1n) is 10.7. The molecule has 1 aromatic rings. The van der Waals surface area contributed by atoms with Crippen LogP contribution in [0.5, 0.6) is 0 Å². The van der Waals surface area contributed by atoms with Crippen molar-refractivity contribution < 1.29 is 9.53 Å². The van der Waals surface area contributed by atoms with Gasteiger partial charge in [-0.1, -0.05) is 26.2 Å². The molecule has 1 aromatic heterocycles. The molecule has 1 amide bonds. The normalized spacial score (nSPS) is 24.4. The van der Waals surface area contributed by atoms with Crippen molar-refractivity contribution in [3.8, 4) is 0 Å². The quantitative estimate of drug-likeness (QED) is 0.814. The Kier molecular flexibility index (Phi) is 5.28. The molecule has 4 rings (SSSR count). The lowest BCUT2D eigenvalue weighted by atomic mass is 9.71. The topological polar surface area (TPSA) is 60.3 Å². The predicted molar refractivity (Wildman–Crippen MR) is 103 cm³/mol. The van der Waals surface area contributed by atoms with Crippen molar-refractivity contribution in [1.82, 2.24) is 19.7 Å². The van der Waals surface area contributed by atoms with Crippen molar-refractivity contribution in [3.63, 3.8) is 0 Å². The molecule has 1 spiro atoms. The van der Waals surface area contributed by atoms with Gasteiger partial charge >= 0.3 is 0 Å². The first-order valence-corrected chi connectivity index (χ1v) is 10.7. The van der Waals surface area contributed by atoms with Crippen LogP contribution >= 0.6 is 0 Å². The Morgan fingerprint density at radius 3 is 2.41 bits per heavy atom. The smallest absolute Gasteiger partial charge is 0.228 e. The maximum Gasteiger partial charge on any atom is 0.228 e. The molecule has 0 N–H and O–H groups in total. The highest BCUT2D eigenvalue weighted by Gasteiger charge is 2.42. The minimum absolute atomic E-state index is 0.102. The third-order valence-electron chi connectivity index (χ3n) is 7.51. The van der Waals surface area contributed by atoms with Crippen LogP contribution in [0.2, 0.25) is 0 Å². The Bertz CT molecular complexity index is 670. The summed E-state index contributed by atoms with van der Waals surface area (Å²) in [6.07, 6.45) is 11.4. The van der Waals surface area contributed by atoms with Crippen LogP contribution in [0.4, 0.5) is 0 Å². The third kappa shape index (κ3) is 3.65. The van der Waals surface area contributed by atoms with Gasteiger partial charge in [0.15, 0.2) is 5.82 Å². The summed E-state index contributed by atoms with van der Waals surface area (Å²) in [7, 11) is 1.71. The first-order chi connectivity index (χ1) is 13.1. The molecule has 150 valence electrons. The predicted octanol–water partition coefficient (Wildman–Crippen LogP) is 3.34.